The Labute approximate surface area is 181 Å². The number of aromatic nitrogens is 3. The number of halogens is 2. The van der Waals surface area contributed by atoms with E-state index in [1.165, 1.54) is 12.1 Å². The number of benzene rings is 1. The van der Waals surface area contributed by atoms with Crippen LogP contribution < -0.4 is 10.6 Å². The van der Waals surface area contributed by atoms with Gasteiger partial charge in [-0.25, -0.2) is 14.1 Å². The van der Waals surface area contributed by atoms with E-state index in [0.29, 0.717) is 19.0 Å². The first-order chi connectivity index (χ1) is 13.0. The van der Waals surface area contributed by atoms with E-state index < -0.39 is 0 Å². The molecule has 0 spiro atoms. The molecule has 0 saturated carbocycles. The van der Waals surface area contributed by atoms with E-state index in [2.05, 4.69) is 25.7 Å². The van der Waals surface area contributed by atoms with Crippen LogP contribution in [0.15, 0.2) is 53.7 Å². The zero-order valence-corrected chi connectivity index (χ0v) is 18.4. The molecule has 2 aromatic heterocycles. The third-order valence-electron chi connectivity index (χ3n) is 4.07. The summed E-state index contributed by atoms with van der Waals surface area (Å²) in [5, 5.41) is 10.8. The zero-order chi connectivity index (χ0) is 19.2. The number of guanidine groups is 1. The quantitative estimate of drug-likeness (QED) is 0.324. The Morgan fingerprint density at radius 2 is 1.82 bits per heavy atom. The lowest BCUT2D eigenvalue weighted by Crippen LogP contribution is -2.36. The summed E-state index contributed by atoms with van der Waals surface area (Å²) in [7, 11) is 1.70. The molecule has 0 aliphatic heterocycles. The van der Waals surface area contributed by atoms with E-state index >= 15 is 0 Å². The van der Waals surface area contributed by atoms with E-state index in [1.807, 2.05) is 49.0 Å². The normalized spacial score (nSPS) is 11.1. The Morgan fingerprint density at radius 3 is 2.39 bits per heavy atom. The van der Waals surface area contributed by atoms with Crippen molar-refractivity contribution in [2.24, 2.45) is 4.99 Å². The van der Waals surface area contributed by atoms with Gasteiger partial charge in [0, 0.05) is 32.0 Å². The van der Waals surface area contributed by atoms with Crippen LogP contribution in [0, 0.1) is 19.7 Å². The van der Waals surface area contributed by atoms with Gasteiger partial charge in [-0.1, -0.05) is 18.2 Å². The zero-order valence-electron chi connectivity index (χ0n) is 16.1. The van der Waals surface area contributed by atoms with Crippen molar-refractivity contribution in [1.82, 2.24) is 25.4 Å². The predicted octanol–water partition coefficient (Wildman–Crippen LogP) is 3.51. The average Bonchev–Trinajstić information content (AvgIpc) is 3.00. The molecule has 2 heterocycles. The molecule has 0 bridgehead atoms. The molecule has 0 amide bonds. The summed E-state index contributed by atoms with van der Waals surface area (Å²) in [5.41, 5.74) is 3.89. The molecule has 0 fully saturated rings. The highest BCUT2D eigenvalue weighted by atomic mass is 127. The number of hydrogen-bond acceptors (Lipinski definition) is 3. The summed E-state index contributed by atoms with van der Waals surface area (Å²) in [6.07, 6.45) is 1.82. The van der Waals surface area contributed by atoms with Crippen LogP contribution in [0.1, 0.15) is 22.5 Å². The van der Waals surface area contributed by atoms with Gasteiger partial charge in [0.15, 0.2) is 11.8 Å². The van der Waals surface area contributed by atoms with Crippen LogP contribution in [0.5, 0.6) is 0 Å². The SMILES string of the molecule is CN=C(NCc1ccc(-n2nc(C)cc2C)nc1)NCc1cccc(F)c1.I. The average molecular weight is 494 g/mol. The number of aliphatic imine (C=N–C) groups is 1. The minimum absolute atomic E-state index is 0. The fourth-order valence-electron chi connectivity index (χ4n) is 2.75. The van der Waals surface area contributed by atoms with Crippen molar-refractivity contribution < 1.29 is 4.39 Å². The Balaban J connectivity index is 0.00000280. The van der Waals surface area contributed by atoms with Gasteiger partial charge in [0.25, 0.3) is 0 Å². The van der Waals surface area contributed by atoms with Crippen LogP contribution in [0.2, 0.25) is 0 Å². The standard InChI is InChI=1S/C20H23FN6.HI/c1-14-9-15(2)27(26-14)19-8-7-17(12-23-19)13-25-20(22-3)24-11-16-5-4-6-18(21)10-16;/h4-10,12H,11,13H2,1-3H3,(H2,22,24,25);1H. The first-order valence-electron chi connectivity index (χ1n) is 8.72. The Bertz CT molecular complexity index is 936. The molecule has 0 unspecified atom stereocenters. The van der Waals surface area contributed by atoms with Gasteiger partial charge in [-0.15, -0.1) is 24.0 Å². The molecule has 0 atom stereocenters. The van der Waals surface area contributed by atoms with Crippen molar-refractivity contribution in [3.8, 4) is 5.82 Å². The summed E-state index contributed by atoms with van der Waals surface area (Å²) in [4.78, 5) is 8.67. The second-order valence-electron chi connectivity index (χ2n) is 6.27. The molecule has 1 aromatic carbocycles. The van der Waals surface area contributed by atoms with Crippen LogP contribution in [-0.2, 0) is 13.1 Å². The first kappa shape index (κ1) is 21.8. The van der Waals surface area contributed by atoms with E-state index in [1.54, 1.807) is 13.1 Å². The number of nitrogens with one attached hydrogen (secondary N) is 2. The molecule has 3 rings (SSSR count). The third-order valence-corrected chi connectivity index (χ3v) is 4.07. The van der Waals surface area contributed by atoms with Crippen LogP contribution in [-0.4, -0.2) is 27.8 Å². The van der Waals surface area contributed by atoms with Crippen LogP contribution in [0.25, 0.3) is 5.82 Å². The maximum Gasteiger partial charge on any atom is 0.191 e. The van der Waals surface area contributed by atoms with Crippen molar-refractivity contribution in [1.29, 1.82) is 0 Å². The molecule has 0 radical (unpaired) electrons. The molecule has 0 saturated heterocycles. The van der Waals surface area contributed by atoms with E-state index in [9.17, 15) is 4.39 Å². The lowest BCUT2D eigenvalue weighted by atomic mass is 10.2. The van der Waals surface area contributed by atoms with Crippen LogP contribution >= 0.6 is 24.0 Å². The molecular weight excluding hydrogens is 470 g/mol. The van der Waals surface area contributed by atoms with E-state index in [0.717, 1.165) is 28.3 Å². The van der Waals surface area contributed by atoms with Gasteiger partial charge in [0.05, 0.1) is 5.69 Å². The fraction of sp³-hybridized carbons (Fsp3) is 0.250. The van der Waals surface area contributed by atoms with Crippen molar-refractivity contribution in [2.45, 2.75) is 26.9 Å². The largest absolute Gasteiger partial charge is 0.352 e. The van der Waals surface area contributed by atoms with Gasteiger partial charge < -0.3 is 10.6 Å². The van der Waals surface area contributed by atoms with E-state index in [-0.39, 0.29) is 29.8 Å². The summed E-state index contributed by atoms with van der Waals surface area (Å²) in [6.45, 7) is 5.04. The molecule has 2 N–H and O–H groups in total. The van der Waals surface area contributed by atoms with E-state index in [4.69, 9.17) is 0 Å². The van der Waals surface area contributed by atoms with Crippen LogP contribution in [0.4, 0.5) is 4.39 Å². The minimum Gasteiger partial charge on any atom is -0.352 e. The molecule has 0 aliphatic carbocycles. The monoisotopic (exact) mass is 494 g/mol. The second kappa shape index (κ2) is 10.2. The molecule has 28 heavy (non-hydrogen) atoms. The summed E-state index contributed by atoms with van der Waals surface area (Å²) >= 11 is 0. The van der Waals surface area contributed by atoms with Gasteiger partial charge in [0.2, 0.25) is 0 Å². The Hall–Kier alpha value is -2.49. The van der Waals surface area contributed by atoms with Gasteiger partial charge in [-0.3, -0.25) is 4.99 Å². The smallest absolute Gasteiger partial charge is 0.191 e. The van der Waals surface area contributed by atoms with Gasteiger partial charge >= 0.3 is 0 Å². The number of aryl methyl sites for hydroxylation is 2. The highest BCUT2D eigenvalue weighted by Crippen LogP contribution is 2.10. The maximum atomic E-state index is 13.2. The first-order valence-corrected chi connectivity index (χ1v) is 8.72. The van der Waals surface area contributed by atoms with Gasteiger partial charge in [-0.05, 0) is 49.2 Å². The Kier molecular flexibility index (Phi) is 7.91. The highest BCUT2D eigenvalue weighted by molar-refractivity contribution is 14.0. The second-order valence-corrected chi connectivity index (χ2v) is 6.27. The number of pyridine rings is 1. The number of nitrogens with zero attached hydrogens (tertiary/aromatic N) is 4. The summed E-state index contributed by atoms with van der Waals surface area (Å²) in [5.74, 6) is 1.19. The molecular formula is C20H24FIN6. The van der Waals surface area contributed by atoms with Crippen LogP contribution in [0.3, 0.4) is 0 Å². The number of hydrogen-bond donors (Lipinski definition) is 2. The maximum absolute atomic E-state index is 13.2. The number of rotatable bonds is 5. The van der Waals surface area contributed by atoms with Crippen molar-refractivity contribution in [3.63, 3.8) is 0 Å². The molecule has 6 nitrogen and oxygen atoms in total. The lowest BCUT2D eigenvalue weighted by Gasteiger charge is -2.12. The minimum atomic E-state index is -0.244. The lowest BCUT2D eigenvalue weighted by molar-refractivity contribution is 0.624. The molecule has 148 valence electrons. The van der Waals surface area contributed by atoms with Gasteiger partial charge in [-0.2, -0.15) is 5.10 Å². The predicted molar refractivity (Wildman–Crippen MR) is 120 cm³/mol. The highest BCUT2D eigenvalue weighted by Gasteiger charge is 2.05. The molecule has 8 heteroatoms. The summed E-state index contributed by atoms with van der Waals surface area (Å²) < 4.78 is 15.1. The topological polar surface area (TPSA) is 67.1 Å². The third kappa shape index (κ3) is 5.75. The molecule has 3 aromatic rings. The van der Waals surface area contributed by atoms with Crippen molar-refractivity contribution in [2.75, 3.05) is 7.05 Å². The van der Waals surface area contributed by atoms with Crippen molar-refractivity contribution in [3.05, 3.63) is 77.0 Å². The molecule has 0 aliphatic rings. The Morgan fingerprint density at radius 1 is 1.07 bits per heavy atom. The summed E-state index contributed by atoms with van der Waals surface area (Å²) in [6, 6.07) is 12.5. The fourth-order valence-corrected chi connectivity index (χ4v) is 2.75. The van der Waals surface area contributed by atoms with Gasteiger partial charge in [0.1, 0.15) is 5.82 Å². The van der Waals surface area contributed by atoms with Crippen molar-refractivity contribution >= 4 is 29.9 Å².